The molecule has 1 unspecified atom stereocenters. The van der Waals surface area contributed by atoms with Gasteiger partial charge in [-0.25, -0.2) is 13.2 Å². The molecule has 0 bridgehead atoms. The van der Waals surface area contributed by atoms with Crippen LogP contribution in [0.4, 0.5) is 0 Å². The van der Waals surface area contributed by atoms with Crippen LogP contribution in [0.25, 0.3) is 0 Å². The molecule has 1 aliphatic rings. The number of esters is 1. The molecule has 1 fully saturated rings. The minimum Gasteiger partial charge on any atom is -0.444 e. The van der Waals surface area contributed by atoms with Crippen molar-refractivity contribution < 1.29 is 22.7 Å². The largest absolute Gasteiger partial charge is 0.444 e. The maximum atomic E-state index is 12.4. The van der Waals surface area contributed by atoms with E-state index in [0.717, 1.165) is 0 Å². The Kier molecular flexibility index (Phi) is 5.13. The number of hydrogen-bond donors (Lipinski definition) is 0. The fourth-order valence-corrected chi connectivity index (χ4v) is 3.36. The van der Waals surface area contributed by atoms with Gasteiger partial charge in [-0.1, -0.05) is 0 Å². The van der Waals surface area contributed by atoms with E-state index in [1.165, 1.54) is 35.5 Å². The molecule has 118 valence electrons. The van der Waals surface area contributed by atoms with Crippen molar-refractivity contribution in [3.63, 3.8) is 0 Å². The van der Waals surface area contributed by atoms with Gasteiger partial charge in [0.15, 0.2) is 6.10 Å². The summed E-state index contributed by atoms with van der Waals surface area (Å²) in [5.74, 6) is -0.663. The average molecular weight is 324 g/mol. The summed E-state index contributed by atoms with van der Waals surface area (Å²) in [5, 5.41) is 8.60. The zero-order valence-electron chi connectivity index (χ0n) is 12.1. The fourth-order valence-electron chi connectivity index (χ4n) is 1.95. The zero-order valence-corrected chi connectivity index (χ0v) is 12.9. The van der Waals surface area contributed by atoms with Gasteiger partial charge in [0.25, 0.3) is 0 Å². The van der Waals surface area contributed by atoms with E-state index >= 15 is 0 Å². The smallest absolute Gasteiger partial charge is 0.339 e. The maximum absolute atomic E-state index is 12.4. The molecular formula is C14H16N2O5S. The van der Waals surface area contributed by atoms with Gasteiger partial charge in [0.1, 0.15) is 6.07 Å². The van der Waals surface area contributed by atoms with E-state index in [4.69, 9.17) is 14.7 Å². The first-order valence-electron chi connectivity index (χ1n) is 6.73. The molecule has 0 aromatic heterocycles. The number of benzene rings is 1. The summed E-state index contributed by atoms with van der Waals surface area (Å²) in [7, 11) is -3.58. The first-order chi connectivity index (χ1) is 10.4. The van der Waals surface area contributed by atoms with Crippen molar-refractivity contribution >= 4 is 16.0 Å². The Balaban J connectivity index is 2.14. The van der Waals surface area contributed by atoms with Gasteiger partial charge >= 0.3 is 5.97 Å². The molecule has 2 rings (SSSR count). The molecule has 22 heavy (non-hydrogen) atoms. The number of ether oxygens (including phenoxy) is 2. The standard InChI is InChI=1S/C14H16N2O5S/c1-11(10-15)21-14(17)12-2-4-13(5-3-12)22(18,19)16-6-8-20-9-7-16/h2-5,11H,6-9H2,1H3. The number of nitriles is 1. The predicted octanol–water partition coefficient (Wildman–Crippen LogP) is 0.776. The molecule has 0 amide bonds. The lowest BCUT2D eigenvalue weighted by molar-refractivity contribution is 0.0435. The van der Waals surface area contributed by atoms with Gasteiger partial charge in [-0.15, -0.1) is 0 Å². The van der Waals surface area contributed by atoms with E-state index in [9.17, 15) is 13.2 Å². The molecule has 1 heterocycles. The Morgan fingerprint density at radius 3 is 2.45 bits per heavy atom. The van der Waals surface area contributed by atoms with Crippen LogP contribution < -0.4 is 0 Å². The molecule has 0 saturated carbocycles. The van der Waals surface area contributed by atoms with Crippen LogP contribution in [0, 0.1) is 11.3 Å². The second kappa shape index (κ2) is 6.87. The van der Waals surface area contributed by atoms with Gasteiger partial charge in [0.2, 0.25) is 10.0 Å². The molecule has 0 aliphatic carbocycles. The summed E-state index contributed by atoms with van der Waals surface area (Å²) < 4.78 is 36.1. The Hall–Kier alpha value is -1.95. The molecule has 1 aromatic carbocycles. The number of rotatable bonds is 4. The Labute approximate surface area is 129 Å². The van der Waals surface area contributed by atoms with E-state index < -0.39 is 22.1 Å². The SMILES string of the molecule is CC(C#N)OC(=O)c1ccc(S(=O)(=O)N2CCOCC2)cc1. The molecule has 1 saturated heterocycles. The van der Waals surface area contributed by atoms with Gasteiger partial charge in [-0.2, -0.15) is 9.57 Å². The quantitative estimate of drug-likeness (QED) is 0.759. The summed E-state index contributed by atoms with van der Waals surface area (Å²) in [6.45, 7) is 2.82. The minimum atomic E-state index is -3.58. The van der Waals surface area contributed by atoms with Gasteiger partial charge in [0.05, 0.1) is 23.7 Å². The number of carbonyl (C=O) groups excluding carboxylic acids is 1. The molecular weight excluding hydrogens is 308 g/mol. The monoisotopic (exact) mass is 324 g/mol. The molecule has 1 aliphatic heterocycles. The van der Waals surface area contributed by atoms with Crippen molar-refractivity contribution in [1.29, 1.82) is 5.26 Å². The van der Waals surface area contributed by atoms with Crippen LogP contribution in [-0.4, -0.2) is 51.1 Å². The highest BCUT2D eigenvalue weighted by molar-refractivity contribution is 7.89. The molecule has 0 N–H and O–H groups in total. The van der Waals surface area contributed by atoms with Crippen LogP contribution in [0.5, 0.6) is 0 Å². The summed E-state index contributed by atoms with van der Waals surface area (Å²) in [4.78, 5) is 11.8. The lowest BCUT2D eigenvalue weighted by atomic mass is 10.2. The van der Waals surface area contributed by atoms with Crippen LogP contribution in [0.2, 0.25) is 0 Å². The van der Waals surface area contributed by atoms with Crippen LogP contribution >= 0.6 is 0 Å². The Morgan fingerprint density at radius 2 is 1.91 bits per heavy atom. The lowest BCUT2D eigenvalue weighted by Gasteiger charge is -2.26. The van der Waals surface area contributed by atoms with Crippen LogP contribution in [-0.2, 0) is 19.5 Å². The van der Waals surface area contributed by atoms with Crippen molar-refractivity contribution in [2.75, 3.05) is 26.3 Å². The van der Waals surface area contributed by atoms with Crippen molar-refractivity contribution in [1.82, 2.24) is 4.31 Å². The fraction of sp³-hybridized carbons (Fsp3) is 0.429. The predicted molar refractivity (Wildman–Crippen MR) is 76.5 cm³/mol. The van der Waals surface area contributed by atoms with Crippen molar-refractivity contribution in [2.24, 2.45) is 0 Å². The molecule has 7 nitrogen and oxygen atoms in total. The zero-order chi connectivity index (χ0) is 16.2. The summed E-state index contributed by atoms with van der Waals surface area (Å²) in [6, 6.07) is 7.26. The highest BCUT2D eigenvalue weighted by Crippen LogP contribution is 2.18. The van der Waals surface area contributed by atoms with Gasteiger partial charge in [-0.05, 0) is 31.2 Å². The molecule has 0 radical (unpaired) electrons. The number of morpholine rings is 1. The Bertz CT molecular complexity index is 672. The van der Waals surface area contributed by atoms with E-state index in [-0.39, 0.29) is 10.5 Å². The third-order valence-electron chi connectivity index (χ3n) is 3.16. The average Bonchev–Trinajstić information content (AvgIpc) is 2.55. The number of hydrogen-bond acceptors (Lipinski definition) is 6. The molecule has 8 heteroatoms. The van der Waals surface area contributed by atoms with Gasteiger partial charge in [0, 0.05) is 13.1 Å². The normalized spacial score (nSPS) is 17.5. The van der Waals surface area contributed by atoms with Gasteiger partial charge < -0.3 is 9.47 Å². The topological polar surface area (TPSA) is 96.7 Å². The number of carbonyl (C=O) groups is 1. The first-order valence-corrected chi connectivity index (χ1v) is 8.17. The third-order valence-corrected chi connectivity index (χ3v) is 5.08. The first kappa shape index (κ1) is 16.4. The molecule has 1 aromatic rings. The minimum absolute atomic E-state index is 0.110. The second-order valence-electron chi connectivity index (χ2n) is 4.72. The van der Waals surface area contributed by atoms with Crippen molar-refractivity contribution in [2.45, 2.75) is 17.9 Å². The maximum Gasteiger partial charge on any atom is 0.339 e. The molecule has 0 spiro atoms. The van der Waals surface area contributed by atoms with Crippen molar-refractivity contribution in [3.8, 4) is 6.07 Å². The van der Waals surface area contributed by atoms with Crippen LogP contribution in [0.15, 0.2) is 29.2 Å². The van der Waals surface area contributed by atoms with E-state index in [0.29, 0.717) is 26.3 Å². The summed E-state index contributed by atoms with van der Waals surface area (Å²) >= 11 is 0. The summed E-state index contributed by atoms with van der Waals surface area (Å²) in [6.07, 6.45) is -0.857. The molecule has 1 atom stereocenters. The van der Waals surface area contributed by atoms with Crippen LogP contribution in [0.1, 0.15) is 17.3 Å². The summed E-state index contributed by atoms with van der Waals surface area (Å²) in [5.41, 5.74) is 0.197. The number of nitrogens with zero attached hydrogens (tertiary/aromatic N) is 2. The highest BCUT2D eigenvalue weighted by Gasteiger charge is 2.26. The van der Waals surface area contributed by atoms with Crippen LogP contribution in [0.3, 0.4) is 0 Å². The van der Waals surface area contributed by atoms with Gasteiger partial charge in [-0.3, -0.25) is 0 Å². The third kappa shape index (κ3) is 3.62. The van der Waals surface area contributed by atoms with E-state index in [1.807, 2.05) is 0 Å². The number of sulfonamides is 1. The highest BCUT2D eigenvalue weighted by atomic mass is 32.2. The van der Waals surface area contributed by atoms with E-state index in [2.05, 4.69) is 0 Å². The van der Waals surface area contributed by atoms with E-state index in [1.54, 1.807) is 6.07 Å². The second-order valence-corrected chi connectivity index (χ2v) is 6.66. The van der Waals surface area contributed by atoms with Crippen molar-refractivity contribution in [3.05, 3.63) is 29.8 Å². The Morgan fingerprint density at radius 1 is 1.32 bits per heavy atom. The lowest BCUT2D eigenvalue weighted by Crippen LogP contribution is -2.40.